The maximum atomic E-state index is 11.2. The summed E-state index contributed by atoms with van der Waals surface area (Å²) in [7, 11) is 1.52. The van der Waals surface area contributed by atoms with Gasteiger partial charge in [0, 0.05) is 10.7 Å². The van der Waals surface area contributed by atoms with Crippen molar-refractivity contribution in [1.82, 2.24) is 0 Å². The zero-order valence-corrected chi connectivity index (χ0v) is 11.6. The van der Waals surface area contributed by atoms with Crippen LogP contribution >= 0.6 is 10.7 Å². The summed E-state index contributed by atoms with van der Waals surface area (Å²) in [5.74, 6) is 0.0885. The number of primary amides is 1. The topological polar surface area (TPSA) is 86.5 Å². The van der Waals surface area contributed by atoms with Crippen LogP contribution in [-0.2, 0) is 13.8 Å². The zero-order valence-electron chi connectivity index (χ0n) is 10.1. The molecule has 18 heavy (non-hydrogen) atoms. The molecular formula is C11H14ClNO4S. The SMILES string of the molecule is Cc1cc(S(=O)(=O)Cl)cc(C)c1OCCC(N)=O. The number of rotatable bonds is 5. The average Bonchev–Trinajstić information content (AvgIpc) is 2.20. The van der Waals surface area contributed by atoms with Crippen LogP contribution in [0.4, 0.5) is 0 Å². The van der Waals surface area contributed by atoms with Crippen molar-refractivity contribution in [1.29, 1.82) is 0 Å². The van der Waals surface area contributed by atoms with E-state index in [-0.39, 0.29) is 17.9 Å². The number of amides is 1. The number of carbonyl (C=O) groups excluding carboxylic acids is 1. The quantitative estimate of drug-likeness (QED) is 0.833. The molecule has 7 heteroatoms. The van der Waals surface area contributed by atoms with E-state index in [1.807, 2.05) is 0 Å². The molecule has 0 radical (unpaired) electrons. The van der Waals surface area contributed by atoms with Gasteiger partial charge in [-0.2, -0.15) is 0 Å². The van der Waals surface area contributed by atoms with Crippen molar-refractivity contribution in [3.8, 4) is 5.75 Å². The molecule has 1 rings (SSSR count). The van der Waals surface area contributed by atoms with Gasteiger partial charge in [0.15, 0.2) is 0 Å². The number of benzene rings is 1. The summed E-state index contributed by atoms with van der Waals surface area (Å²) in [6.45, 7) is 3.57. The van der Waals surface area contributed by atoms with Crippen LogP contribution in [0.15, 0.2) is 17.0 Å². The van der Waals surface area contributed by atoms with Crippen LogP contribution < -0.4 is 10.5 Å². The molecule has 0 fully saturated rings. The molecule has 0 aliphatic rings. The molecule has 0 unspecified atom stereocenters. The number of hydrogen-bond donors (Lipinski definition) is 1. The first kappa shape index (κ1) is 14.8. The van der Waals surface area contributed by atoms with Crippen LogP contribution in [0.2, 0.25) is 0 Å². The van der Waals surface area contributed by atoms with Crippen LogP contribution in [0.5, 0.6) is 5.75 Å². The van der Waals surface area contributed by atoms with Gasteiger partial charge in [-0.1, -0.05) is 0 Å². The van der Waals surface area contributed by atoms with Crippen molar-refractivity contribution in [2.75, 3.05) is 6.61 Å². The lowest BCUT2D eigenvalue weighted by Gasteiger charge is -2.12. The van der Waals surface area contributed by atoms with Gasteiger partial charge in [0.2, 0.25) is 5.91 Å². The third-order valence-electron chi connectivity index (χ3n) is 2.31. The predicted octanol–water partition coefficient (Wildman–Crippen LogP) is 1.49. The molecule has 2 N–H and O–H groups in total. The molecule has 1 aromatic carbocycles. The molecule has 0 spiro atoms. The minimum Gasteiger partial charge on any atom is -0.493 e. The molecule has 5 nitrogen and oxygen atoms in total. The van der Waals surface area contributed by atoms with E-state index in [4.69, 9.17) is 21.2 Å². The highest BCUT2D eigenvalue weighted by atomic mass is 35.7. The summed E-state index contributed by atoms with van der Waals surface area (Å²) in [6.07, 6.45) is 0.106. The third kappa shape index (κ3) is 3.89. The van der Waals surface area contributed by atoms with Crippen molar-refractivity contribution in [2.45, 2.75) is 25.2 Å². The van der Waals surface area contributed by atoms with E-state index < -0.39 is 15.0 Å². The molecule has 0 bridgehead atoms. The van der Waals surface area contributed by atoms with Gasteiger partial charge in [-0.05, 0) is 37.1 Å². The molecule has 0 saturated carbocycles. The van der Waals surface area contributed by atoms with Gasteiger partial charge >= 0.3 is 0 Å². The number of ether oxygens (including phenoxy) is 1. The first-order valence-electron chi connectivity index (χ1n) is 5.19. The lowest BCUT2D eigenvalue weighted by molar-refractivity contribution is -0.118. The minimum absolute atomic E-state index is 0.0291. The smallest absolute Gasteiger partial charge is 0.261 e. The molecular weight excluding hydrogens is 278 g/mol. The maximum Gasteiger partial charge on any atom is 0.261 e. The maximum absolute atomic E-state index is 11.2. The van der Waals surface area contributed by atoms with Crippen LogP contribution in [0.3, 0.4) is 0 Å². The van der Waals surface area contributed by atoms with E-state index in [2.05, 4.69) is 0 Å². The fourth-order valence-electron chi connectivity index (χ4n) is 1.53. The molecule has 100 valence electrons. The van der Waals surface area contributed by atoms with E-state index in [1.54, 1.807) is 13.8 Å². The highest BCUT2D eigenvalue weighted by Gasteiger charge is 2.14. The van der Waals surface area contributed by atoms with Gasteiger partial charge in [-0.15, -0.1) is 0 Å². The lowest BCUT2D eigenvalue weighted by Crippen LogP contribution is -2.15. The fraction of sp³-hybridized carbons (Fsp3) is 0.364. The summed E-state index contributed by atoms with van der Waals surface area (Å²) in [6, 6.07) is 2.85. The van der Waals surface area contributed by atoms with Crippen LogP contribution in [0.1, 0.15) is 17.5 Å². The summed E-state index contributed by atoms with van der Waals surface area (Å²) < 4.78 is 27.8. The standard InChI is InChI=1S/C11H14ClNO4S/c1-7-5-9(18(12,15)16)6-8(2)11(7)17-4-3-10(13)14/h5-6H,3-4H2,1-2H3,(H2,13,14). The lowest BCUT2D eigenvalue weighted by atomic mass is 10.1. The predicted molar refractivity (Wildman–Crippen MR) is 68.3 cm³/mol. The average molecular weight is 292 g/mol. The largest absolute Gasteiger partial charge is 0.493 e. The molecule has 0 atom stereocenters. The molecule has 0 saturated heterocycles. The minimum atomic E-state index is -3.76. The number of nitrogens with two attached hydrogens (primary N) is 1. The Morgan fingerprint density at radius 2 is 1.83 bits per heavy atom. The second kappa shape index (κ2) is 5.58. The molecule has 0 aliphatic carbocycles. The van der Waals surface area contributed by atoms with Crippen molar-refractivity contribution >= 4 is 25.6 Å². The van der Waals surface area contributed by atoms with Crippen LogP contribution in [-0.4, -0.2) is 20.9 Å². The second-order valence-corrected chi connectivity index (χ2v) is 6.45. The summed E-state index contributed by atoms with van der Waals surface area (Å²) >= 11 is 0. The van der Waals surface area contributed by atoms with Gasteiger partial charge in [0.25, 0.3) is 9.05 Å². The Balaban J connectivity index is 2.99. The number of halogens is 1. The second-order valence-electron chi connectivity index (χ2n) is 3.89. The van der Waals surface area contributed by atoms with Crippen molar-refractivity contribution in [3.63, 3.8) is 0 Å². The number of carbonyl (C=O) groups is 1. The first-order valence-corrected chi connectivity index (χ1v) is 7.49. The third-order valence-corrected chi connectivity index (χ3v) is 3.64. The van der Waals surface area contributed by atoms with Gasteiger partial charge in [-0.3, -0.25) is 4.79 Å². The van der Waals surface area contributed by atoms with Crippen molar-refractivity contribution in [3.05, 3.63) is 23.3 Å². The molecule has 0 heterocycles. The van der Waals surface area contributed by atoms with Gasteiger partial charge in [0.1, 0.15) is 5.75 Å². The summed E-state index contributed by atoms with van der Waals surface area (Å²) in [4.78, 5) is 10.6. The molecule has 1 aromatic rings. The fourth-order valence-corrected chi connectivity index (χ4v) is 2.44. The van der Waals surface area contributed by atoms with E-state index >= 15 is 0 Å². The highest BCUT2D eigenvalue weighted by Crippen LogP contribution is 2.28. The van der Waals surface area contributed by atoms with E-state index in [1.165, 1.54) is 12.1 Å². The Morgan fingerprint density at radius 3 is 2.22 bits per heavy atom. The van der Waals surface area contributed by atoms with E-state index in [9.17, 15) is 13.2 Å². The Bertz CT molecular complexity index is 545. The normalized spacial score (nSPS) is 11.3. The highest BCUT2D eigenvalue weighted by molar-refractivity contribution is 8.13. The molecule has 0 aliphatic heterocycles. The summed E-state index contributed by atoms with van der Waals surface area (Å²) in [5.41, 5.74) is 6.27. The molecule has 1 amide bonds. The Morgan fingerprint density at radius 1 is 1.33 bits per heavy atom. The Kier molecular flexibility index (Phi) is 4.59. The Labute approximate surface area is 110 Å². The monoisotopic (exact) mass is 291 g/mol. The summed E-state index contributed by atoms with van der Waals surface area (Å²) in [5, 5.41) is 0. The molecule has 0 aromatic heterocycles. The number of aryl methyl sites for hydroxylation is 2. The number of hydrogen-bond acceptors (Lipinski definition) is 4. The van der Waals surface area contributed by atoms with Gasteiger partial charge < -0.3 is 10.5 Å². The van der Waals surface area contributed by atoms with Crippen LogP contribution in [0, 0.1) is 13.8 Å². The van der Waals surface area contributed by atoms with Crippen LogP contribution in [0.25, 0.3) is 0 Å². The zero-order chi connectivity index (χ0) is 13.9. The van der Waals surface area contributed by atoms with Crippen molar-refractivity contribution in [2.24, 2.45) is 5.73 Å². The van der Waals surface area contributed by atoms with Gasteiger partial charge in [-0.25, -0.2) is 8.42 Å². The van der Waals surface area contributed by atoms with Gasteiger partial charge in [0.05, 0.1) is 17.9 Å². The van der Waals surface area contributed by atoms with E-state index in [0.717, 1.165) is 0 Å². The van der Waals surface area contributed by atoms with E-state index in [0.29, 0.717) is 16.9 Å². The first-order chi connectivity index (χ1) is 8.21. The van der Waals surface area contributed by atoms with Crippen molar-refractivity contribution < 1.29 is 17.9 Å². The Hall–Kier alpha value is -1.27.